The van der Waals surface area contributed by atoms with Crippen molar-refractivity contribution in [1.82, 2.24) is 15.1 Å². The number of hydrogen-bond donors (Lipinski definition) is 2. The van der Waals surface area contributed by atoms with Crippen molar-refractivity contribution in [3.05, 3.63) is 12.4 Å². The van der Waals surface area contributed by atoms with Gasteiger partial charge in [0.1, 0.15) is 0 Å². The molecule has 0 saturated heterocycles. The van der Waals surface area contributed by atoms with Crippen LogP contribution in [0.2, 0.25) is 0 Å². The van der Waals surface area contributed by atoms with Gasteiger partial charge in [0.15, 0.2) is 0 Å². The van der Waals surface area contributed by atoms with Crippen LogP contribution in [-0.4, -0.2) is 42.0 Å². The molecule has 0 unspecified atom stereocenters. The number of nitrogens with one attached hydrogen (secondary N) is 2. The molecule has 1 aromatic heterocycles. The van der Waals surface area contributed by atoms with Gasteiger partial charge in [0.05, 0.1) is 25.0 Å². The fourth-order valence-electron chi connectivity index (χ4n) is 1.64. The third-order valence-electron chi connectivity index (χ3n) is 2.80. The van der Waals surface area contributed by atoms with E-state index in [1.165, 1.54) is 12.8 Å². The minimum absolute atomic E-state index is 0.0226. The lowest BCUT2D eigenvalue weighted by Gasteiger charge is -2.03. The molecule has 18 heavy (non-hydrogen) atoms. The van der Waals surface area contributed by atoms with Gasteiger partial charge in [0.2, 0.25) is 5.91 Å². The molecule has 0 spiro atoms. The molecule has 2 N–H and O–H groups in total. The van der Waals surface area contributed by atoms with Gasteiger partial charge < -0.3 is 15.4 Å². The van der Waals surface area contributed by atoms with Crippen LogP contribution in [0.15, 0.2) is 12.4 Å². The summed E-state index contributed by atoms with van der Waals surface area (Å²) < 4.78 is 6.71. The van der Waals surface area contributed by atoms with Crippen molar-refractivity contribution in [3.8, 4) is 0 Å². The molecule has 1 heterocycles. The molecular formula is C12H20N4O2. The van der Waals surface area contributed by atoms with E-state index in [-0.39, 0.29) is 5.91 Å². The van der Waals surface area contributed by atoms with Gasteiger partial charge in [-0.3, -0.25) is 9.48 Å². The van der Waals surface area contributed by atoms with Crippen molar-refractivity contribution in [2.24, 2.45) is 0 Å². The Labute approximate surface area is 107 Å². The summed E-state index contributed by atoms with van der Waals surface area (Å²) in [5.74, 6) is 0.0226. The zero-order valence-electron chi connectivity index (χ0n) is 10.7. The fraction of sp³-hybridized carbons (Fsp3) is 0.667. The summed E-state index contributed by atoms with van der Waals surface area (Å²) >= 11 is 0. The minimum Gasteiger partial charge on any atom is -0.383 e. The first-order valence-corrected chi connectivity index (χ1v) is 6.32. The molecule has 6 heteroatoms. The number of aromatic nitrogens is 2. The Morgan fingerprint density at radius 1 is 1.61 bits per heavy atom. The second-order valence-corrected chi connectivity index (χ2v) is 4.51. The third-order valence-corrected chi connectivity index (χ3v) is 2.80. The molecule has 6 nitrogen and oxygen atoms in total. The second kappa shape index (κ2) is 6.51. The number of anilines is 1. The van der Waals surface area contributed by atoms with E-state index in [9.17, 15) is 4.79 Å². The number of nitrogens with zero attached hydrogens (tertiary/aromatic N) is 2. The highest BCUT2D eigenvalue weighted by Gasteiger charge is 2.20. The smallest absolute Gasteiger partial charge is 0.225 e. The predicted octanol–water partition coefficient (Wildman–Crippen LogP) is 0.610. The number of rotatable bonds is 8. The maximum absolute atomic E-state index is 11.6. The monoisotopic (exact) mass is 252 g/mol. The standard InChI is InChI=1S/C12H20N4O2/c1-18-7-6-16-9-11(8-14-16)15-12(17)4-5-13-10-2-3-10/h8-10,13H,2-7H2,1H3,(H,15,17). The van der Waals surface area contributed by atoms with Gasteiger partial charge >= 0.3 is 0 Å². The van der Waals surface area contributed by atoms with Crippen LogP contribution in [-0.2, 0) is 16.1 Å². The fourth-order valence-corrected chi connectivity index (χ4v) is 1.64. The Morgan fingerprint density at radius 2 is 2.44 bits per heavy atom. The maximum atomic E-state index is 11.6. The lowest BCUT2D eigenvalue weighted by Crippen LogP contribution is -2.23. The molecule has 0 radical (unpaired) electrons. The largest absolute Gasteiger partial charge is 0.383 e. The van der Waals surface area contributed by atoms with E-state index in [4.69, 9.17) is 4.74 Å². The molecule has 0 aromatic carbocycles. The van der Waals surface area contributed by atoms with Gasteiger partial charge in [-0.05, 0) is 12.8 Å². The summed E-state index contributed by atoms with van der Waals surface area (Å²) in [6, 6.07) is 0.648. The Balaban J connectivity index is 1.66. The lowest BCUT2D eigenvalue weighted by molar-refractivity contribution is -0.116. The minimum atomic E-state index is 0.0226. The van der Waals surface area contributed by atoms with E-state index in [2.05, 4.69) is 15.7 Å². The Bertz CT molecular complexity index is 387. The molecular weight excluding hydrogens is 232 g/mol. The normalized spacial score (nSPS) is 14.7. The lowest BCUT2D eigenvalue weighted by atomic mass is 10.4. The van der Waals surface area contributed by atoms with Crippen LogP contribution >= 0.6 is 0 Å². The number of carbonyl (C=O) groups excluding carboxylic acids is 1. The number of amides is 1. The van der Waals surface area contributed by atoms with Crippen LogP contribution in [0.1, 0.15) is 19.3 Å². The van der Waals surface area contributed by atoms with E-state index in [1.807, 2.05) is 6.20 Å². The molecule has 1 aliphatic carbocycles. The van der Waals surface area contributed by atoms with Crippen LogP contribution in [0.4, 0.5) is 5.69 Å². The zero-order valence-corrected chi connectivity index (χ0v) is 10.7. The summed E-state index contributed by atoms with van der Waals surface area (Å²) in [5.41, 5.74) is 0.738. The van der Waals surface area contributed by atoms with Crippen molar-refractivity contribution in [3.63, 3.8) is 0 Å². The van der Waals surface area contributed by atoms with E-state index < -0.39 is 0 Å². The Morgan fingerprint density at radius 3 is 3.17 bits per heavy atom. The molecule has 1 aromatic rings. The SMILES string of the molecule is COCCn1cc(NC(=O)CCNC2CC2)cn1. The van der Waals surface area contributed by atoms with Gasteiger partial charge in [-0.2, -0.15) is 5.10 Å². The zero-order chi connectivity index (χ0) is 12.8. The maximum Gasteiger partial charge on any atom is 0.225 e. The van der Waals surface area contributed by atoms with E-state index in [1.54, 1.807) is 18.0 Å². The third kappa shape index (κ3) is 4.46. The van der Waals surface area contributed by atoms with Crippen LogP contribution in [0.25, 0.3) is 0 Å². The first kappa shape index (κ1) is 13.0. The quantitative estimate of drug-likeness (QED) is 0.711. The molecule has 2 rings (SSSR count). The molecule has 0 aliphatic heterocycles. The second-order valence-electron chi connectivity index (χ2n) is 4.51. The number of hydrogen-bond acceptors (Lipinski definition) is 4. The van der Waals surface area contributed by atoms with Gasteiger partial charge in [0, 0.05) is 32.3 Å². The highest BCUT2D eigenvalue weighted by Crippen LogP contribution is 2.18. The Kier molecular flexibility index (Phi) is 4.72. The molecule has 0 atom stereocenters. The van der Waals surface area contributed by atoms with Crippen LogP contribution < -0.4 is 10.6 Å². The number of ether oxygens (including phenoxy) is 1. The van der Waals surface area contributed by atoms with Crippen molar-refractivity contribution >= 4 is 11.6 Å². The van der Waals surface area contributed by atoms with Gasteiger partial charge in [0.25, 0.3) is 0 Å². The summed E-state index contributed by atoms with van der Waals surface area (Å²) in [6.07, 6.45) is 6.45. The van der Waals surface area contributed by atoms with E-state index in [0.29, 0.717) is 25.6 Å². The van der Waals surface area contributed by atoms with Gasteiger partial charge in [-0.1, -0.05) is 0 Å². The van der Waals surface area contributed by atoms with Gasteiger partial charge in [-0.15, -0.1) is 0 Å². The van der Waals surface area contributed by atoms with Crippen LogP contribution in [0, 0.1) is 0 Å². The molecule has 1 aliphatic rings. The average molecular weight is 252 g/mol. The number of methoxy groups -OCH3 is 1. The highest BCUT2D eigenvalue weighted by molar-refractivity contribution is 5.90. The van der Waals surface area contributed by atoms with E-state index in [0.717, 1.165) is 12.2 Å². The van der Waals surface area contributed by atoms with Crippen molar-refractivity contribution in [2.75, 3.05) is 25.6 Å². The van der Waals surface area contributed by atoms with Crippen molar-refractivity contribution < 1.29 is 9.53 Å². The van der Waals surface area contributed by atoms with E-state index >= 15 is 0 Å². The Hall–Kier alpha value is -1.40. The molecule has 100 valence electrons. The first-order chi connectivity index (χ1) is 8.78. The molecule has 0 bridgehead atoms. The van der Waals surface area contributed by atoms with Crippen molar-refractivity contribution in [1.29, 1.82) is 0 Å². The van der Waals surface area contributed by atoms with Crippen LogP contribution in [0.5, 0.6) is 0 Å². The summed E-state index contributed by atoms with van der Waals surface area (Å²) in [4.78, 5) is 11.6. The highest BCUT2D eigenvalue weighted by atomic mass is 16.5. The average Bonchev–Trinajstić information content (AvgIpc) is 3.06. The number of carbonyl (C=O) groups is 1. The molecule has 1 fully saturated rings. The summed E-state index contributed by atoms with van der Waals surface area (Å²) in [6.45, 7) is 2.05. The molecule has 1 saturated carbocycles. The summed E-state index contributed by atoms with van der Waals surface area (Å²) in [7, 11) is 1.65. The predicted molar refractivity (Wildman–Crippen MR) is 68.4 cm³/mol. The molecule has 1 amide bonds. The van der Waals surface area contributed by atoms with Crippen LogP contribution in [0.3, 0.4) is 0 Å². The topological polar surface area (TPSA) is 68.2 Å². The van der Waals surface area contributed by atoms with Gasteiger partial charge in [-0.25, -0.2) is 0 Å². The first-order valence-electron chi connectivity index (χ1n) is 6.32. The van der Waals surface area contributed by atoms with Crippen molar-refractivity contribution in [2.45, 2.75) is 31.8 Å². The summed E-state index contributed by atoms with van der Waals surface area (Å²) in [5, 5.41) is 10.3.